The minimum absolute atomic E-state index is 0.839. The molecule has 0 radical (unpaired) electrons. The first-order valence-electron chi connectivity index (χ1n) is 5.05. The van der Waals surface area contributed by atoms with Gasteiger partial charge in [0, 0.05) is 12.2 Å². The zero-order valence-electron chi connectivity index (χ0n) is 8.77. The maximum absolute atomic E-state index is 4.23. The van der Waals surface area contributed by atoms with E-state index in [0.717, 1.165) is 17.9 Å². The van der Waals surface area contributed by atoms with Crippen molar-refractivity contribution in [2.45, 2.75) is 13.5 Å². The van der Waals surface area contributed by atoms with E-state index >= 15 is 0 Å². The molecule has 0 saturated carbocycles. The molecule has 0 amide bonds. The number of pyridine rings is 1. The summed E-state index contributed by atoms with van der Waals surface area (Å²) in [6.07, 6.45) is 1.86. The van der Waals surface area contributed by atoms with Crippen molar-refractivity contribution in [3.8, 4) is 0 Å². The molecule has 0 aliphatic rings. The van der Waals surface area contributed by atoms with Crippen LogP contribution in [-0.2, 0) is 6.54 Å². The summed E-state index contributed by atoms with van der Waals surface area (Å²) in [6, 6.07) is 14.4. The van der Waals surface area contributed by atoms with Crippen LogP contribution < -0.4 is 5.32 Å². The van der Waals surface area contributed by atoms with Crippen LogP contribution in [0.3, 0.4) is 0 Å². The summed E-state index contributed by atoms with van der Waals surface area (Å²) in [5.74, 6) is 0. The van der Waals surface area contributed by atoms with Gasteiger partial charge in [-0.2, -0.15) is 0 Å². The lowest BCUT2D eigenvalue weighted by Gasteiger charge is -2.05. The molecule has 0 aliphatic heterocycles. The highest BCUT2D eigenvalue weighted by Crippen LogP contribution is 2.07. The molecule has 0 fully saturated rings. The van der Waals surface area contributed by atoms with E-state index in [1.165, 1.54) is 5.56 Å². The van der Waals surface area contributed by atoms with E-state index in [1.54, 1.807) is 0 Å². The Morgan fingerprint density at radius 2 is 1.87 bits per heavy atom. The van der Waals surface area contributed by atoms with Gasteiger partial charge < -0.3 is 5.32 Å². The Hall–Kier alpha value is -1.83. The van der Waals surface area contributed by atoms with Crippen LogP contribution in [0.5, 0.6) is 0 Å². The zero-order chi connectivity index (χ0) is 10.5. The summed E-state index contributed by atoms with van der Waals surface area (Å²) in [4.78, 5) is 4.23. The molecule has 2 nitrogen and oxygen atoms in total. The number of rotatable bonds is 3. The molecule has 76 valence electrons. The van der Waals surface area contributed by atoms with Gasteiger partial charge in [-0.25, -0.2) is 0 Å². The highest BCUT2D eigenvalue weighted by atomic mass is 14.9. The quantitative estimate of drug-likeness (QED) is 0.820. The Balaban J connectivity index is 1.96. The number of aryl methyl sites for hydroxylation is 1. The van der Waals surface area contributed by atoms with E-state index in [2.05, 4.69) is 22.4 Å². The Morgan fingerprint density at radius 1 is 1.07 bits per heavy atom. The first-order valence-corrected chi connectivity index (χ1v) is 5.05. The fourth-order valence-electron chi connectivity index (χ4n) is 1.37. The molecule has 1 N–H and O–H groups in total. The molecule has 0 bridgehead atoms. The van der Waals surface area contributed by atoms with E-state index in [0.29, 0.717) is 0 Å². The summed E-state index contributed by atoms with van der Waals surface area (Å²) in [6.45, 7) is 2.83. The number of hydrogen-bond donors (Lipinski definition) is 1. The van der Waals surface area contributed by atoms with Crippen molar-refractivity contribution < 1.29 is 0 Å². The molecule has 2 heteroatoms. The van der Waals surface area contributed by atoms with Gasteiger partial charge in [-0.15, -0.1) is 0 Å². The standard InChI is InChI=1S/C13H14N2/c1-11-7-8-13(10-14-11)15-9-12-5-3-2-4-6-12/h2-8,10,15H,9H2,1H3. The molecule has 2 rings (SSSR count). The smallest absolute Gasteiger partial charge is 0.0529 e. The third kappa shape index (κ3) is 2.81. The second kappa shape index (κ2) is 4.60. The summed E-state index contributed by atoms with van der Waals surface area (Å²) in [7, 11) is 0. The van der Waals surface area contributed by atoms with Crippen molar-refractivity contribution in [2.24, 2.45) is 0 Å². The highest BCUT2D eigenvalue weighted by molar-refractivity contribution is 5.41. The van der Waals surface area contributed by atoms with E-state index in [9.17, 15) is 0 Å². The van der Waals surface area contributed by atoms with Gasteiger partial charge in [-0.3, -0.25) is 4.98 Å². The minimum atomic E-state index is 0.839. The highest BCUT2D eigenvalue weighted by Gasteiger charge is 1.93. The monoisotopic (exact) mass is 198 g/mol. The van der Waals surface area contributed by atoms with Crippen LogP contribution in [0.2, 0.25) is 0 Å². The van der Waals surface area contributed by atoms with Crippen molar-refractivity contribution in [3.63, 3.8) is 0 Å². The molecule has 0 atom stereocenters. The number of benzene rings is 1. The normalized spacial score (nSPS) is 9.93. The minimum Gasteiger partial charge on any atom is -0.380 e. The fraction of sp³-hybridized carbons (Fsp3) is 0.154. The van der Waals surface area contributed by atoms with Gasteiger partial charge in [0.05, 0.1) is 11.9 Å². The summed E-state index contributed by atoms with van der Waals surface area (Å²) in [5, 5.41) is 3.33. The third-order valence-corrected chi connectivity index (χ3v) is 2.25. The Morgan fingerprint density at radius 3 is 2.53 bits per heavy atom. The van der Waals surface area contributed by atoms with Crippen molar-refractivity contribution in [1.82, 2.24) is 4.98 Å². The van der Waals surface area contributed by atoms with E-state index in [-0.39, 0.29) is 0 Å². The lowest BCUT2D eigenvalue weighted by Crippen LogP contribution is -1.99. The average molecular weight is 198 g/mol. The molecule has 1 heterocycles. The SMILES string of the molecule is Cc1ccc(NCc2ccccc2)cn1. The van der Waals surface area contributed by atoms with E-state index in [1.807, 2.05) is 43.5 Å². The largest absolute Gasteiger partial charge is 0.380 e. The number of nitrogens with one attached hydrogen (secondary N) is 1. The van der Waals surface area contributed by atoms with E-state index < -0.39 is 0 Å². The Kier molecular flexibility index (Phi) is 2.98. The molecule has 0 unspecified atom stereocenters. The van der Waals surface area contributed by atoms with Crippen molar-refractivity contribution in [1.29, 1.82) is 0 Å². The number of anilines is 1. The van der Waals surface area contributed by atoms with Crippen LogP contribution in [0.25, 0.3) is 0 Å². The van der Waals surface area contributed by atoms with Gasteiger partial charge in [-0.05, 0) is 24.6 Å². The molecular formula is C13H14N2. The number of nitrogens with zero attached hydrogens (tertiary/aromatic N) is 1. The van der Waals surface area contributed by atoms with Crippen molar-refractivity contribution in [3.05, 3.63) is 59.9 Å². The second-order valence-corrected chi connectivity index (χ2v) is 3.53. The molecule has 2 aromatic rings. The first kappa shape index (κ1) is 9.71. The van der Waals surface area contributed by atoms with Crippen LogP contribution in [0.15, 0.2) is 48.7 Å². The van der Waals surface area contributed by atoms with Gasteiger partial charge in [0.15, 0.2) is 0 Å². The zero-order valence-corrected chi connectivity index (χ0v) is 8.77. The molecule has 15 heavy (non-hydrogen) atoms. The van der Waals surface area contributed by atoms with Crippen LogP contribution in [0.1, 0.15) is 11.3 Å². The molecule has 0 spiro atoms. The number of hydrogen-bond acceptors (Lipinski definition) is 2. The first-order chi connectivity index (χ1) is 7.34. The lowest BCUT2D eigenvalue weighted by molar-refractivity contribution is 1.12. The predicted molar refractivity (Wildman–Crippen MR) is 62.7 cm³/mol. The van der Waals surface area contributed by atoms with Crippen molar-refractivity contribution >= 4 is 5.69 Å². The van der Waals surface area contributed by atoms with Gasteiger partial charge in [0.2, 0.25) is 0 Å². The predicted octanol–water partition coefficient (Wildman–Crippen LogP) is 3.00. The van der Waals surface area contributed by atoms with Gasteiger partial charge in [0.25, 0.3) is 0 Å². The summed E-state index contributed by atoms with van der Waals surface area (Å²) < 4.78 is 0. The van der Waals surface area contributed by atoms with Gasteiger partial charge in [0.1, 0.15) is 0 Å². The summed E-state index contributed by atoms with van der Waals surface area (Å²) >= 11 is 0. The van der Waals surface area contributed by atoms with Gasteiger partial charge in [-0.1, -0.05) is 30.3 Å². The average Bonchev–Trinajstić information content (AvgIpc) is 2.30. The molecule has 1 aromatic heterocycles. The molecule has 0 aliphatic carbocycles. The maximum Gasteiger partial charge on any atom is 0.0529 e. The Labute approximate surface area is 90.0 Å². The van der Waals surface area contributed by atoms with Crippen LogP contribution >= 0.6 is 0 Å². The second-order valence-electron chi connectivity index (χ2n) is 3.53. The topological polar surface area (TPSA) is 24.9 Å². The van der Waals surface area contributed by atoms with Crippen LogP contribution in [-0.4, -0.2) is 4.98 Å². The molecule has 0 saturated heterocycles. The maximum atomic E-state index is 4.23. The molecular weight excluding hydrogens is 184 g/mol. The van der Waals surface area contributed by atoms with E-state index in [4.69, 9.17) is 0 Å². The van der Waals surface area contributed by atoms with Gasteiger partial charge >= 0.3 is 0 Å². The van der Waals surface area contributed by atoms with Crippen LogP contribution in [0.4, 0.5) is 5.69 Å². The lowest BCUT2D eigenvalue weighted by atomic mass is 10.2. The number of aromatic nitrogens is 1. The molecule has 1 aromatic carbocycles. The third-order valence-electron chi connectivity index (χ3n) is 2.25. The fourth-order valence-corrected chi connectivity index (χ4v) is 1.37. The summed E-state index contributed by atoms with van der Waals surface area (Å²) in [5.41, 5.74) is 3.38. The Bertz CT molecular complexity index is 406. The van der Waals surface area contributed by atoms with Crippen LogP contribution in [0, 0.1) is 6.92 Å². The van der Waals surface area contributed by atoms with Crippen molar-refractivity contribution in [2.75, 3.05) is 5.32 Å².